The first-order valence-electron chi connectivity index (χ1n) is 9.79. The molecule has 6 heteroatoms. The van der Waals surface area contributed by atoms with Crippen LogP contribution in [0.3, 0.4) is 0 Å². The van der Waals surface area contributed by atoms with E-state index in [0.29, 0.717) is 0 Å². The molecular weight excluding hydrogens is 332 g/mol. The molecule has 0 saturated carbocycles. The summed E-state index contributed by atoms with van der Waals surface area (Å²) in [6.45, 7) is 21.3. The van der Waals surface area contributed by atoms with E-state index in [4.69, 9.17) is 9.47 Å². The summed E-state index contributed by atoms with van der Waals surface area (Å²) in [5.74, 6) is 0.0227. The number of hydrogen-bond donors (Lipinski definition) is 0. The average Bonchev–Trinajstić information content (AvgIpc) is 2.42. The van der Waals surface area contributed by atoms with Crippen molar-refractivity contribution < 1.29 is 19.1 Å². The lowest BCUT2D eigenvalue weighted by atomic mass is 10.0. The van der Waals surface area contributed by atoms with Crippen LogP contribution in [-0.4, -0.2) is 58.4 Å². The van der Waals surface area contributed by atoms with Crippen LogP contribution in [0, 0.1) is 5.92 Å². The van der Waals surface area contributed by atoms with Crippen molar-refractivity contribution in [3.8, 4) is 0 Å². The predicted molar refractivity (Wildman–Crippen MR) is 105 cm³/mol. The van der Waals surface area contributed by atoms with E-state index in [0.717, 1.165) is 0 Å². The van der Waals surface area contributed by atoms with Crippen LogP contribution < -0.4 is 0 Å². The number of carbonyl (C=O) groups excluding carboxylic acids is 2. The van der Waals surface area contributed by atoms with Crippen molar-refractivity contribution in [1.29, 1.82) is 0 Å². The summed E-state index contributed by atoms with van der Waals surface area (Å²) in [6.07, 6.45) is -1.80. The zero-order valence-corrected chi connectivity index (χ0v) is 18.6. The molecule has 0 aromatic carbocycles. The molecule has 0 heterocycles. The average molecular weight is 373 g/mol. The SMILES string of the molecule is CC(C)C(OC(=O)N(C(C)C)C(C)C)C(C)OC(=O)N(C(C)C)C(C)C. The van der Waals surface area contributed by atoms with Gasteiger partial charge in [0.1, 0.15) is 12.2 Å². The maximum absolute atomic E-state index is 12.6. The van der Waals surface area contributed by atoms with Gasteiger partial charge < -0.3 is 19.3 Å². The number of rotatable bonds is 8. The van der Waals surface area contributed by atoms with E-state index in [1.165, 1.54) is 0 Å². The molecule has 0 spiro atoms. The fourth-order valence-electron chi connectivity index (χ4n) is 3.27. The van der Waals surface area contributed by atoms with Crippen molar-refractivity contribution in [1.82, 2.24) is 9.80 Å². The van der Waals surface area contributed by atoms with Gasteiger partial charge in [-0.1, -0.05) is 13.8 Å². The van der Waals surface area contributed by atoms with E-state index < -0.39 is 12.2 Å². The first-order chi connectivity index (χ1) is 11.8. The van der Waals surface area contributed by atoms with Gasteiger partial charge in [-0.05, 0) is 68.2 Å². The van der Waals surface area contributed by atoms with Gasteiger partial charge in [0.25, 0.3) is 0 Å². The molecule has 0 saturated heterocycles. The fourth-order valence-corrected chi connectivity index (χ4v) is 3.27. The smallest absolute Gasteiger partial charge is 0.410 e. The summed E-state index contributed by atoms with van der Waals surface area (Å²) in [5, 5.41) is 0. The van der Waals surface area contributed by atoms with Crippen LogP contribution >= 0.6 is 0 Å². The first kappa shape index (κ1) is 24.5. The van der Waals surface area contributed by atoms with Crippen molar-refractivity contribution in [2.45, 2.75) is 113 Å². The molecule has 6 nitrogen and oxygen atoms in total. The van der Waals surface area contributed by atoms with Crippen molar-refractivity contribution in [2.75, 3.05) is 0 Å². The third kappa shape index (κ3) is 7.04. The Kier molecular flexibility index (Phi) is 10.0. The van der Waals surface area contributed by atoms with E-state index >= 15 is 0 Å². The van der Waals surface area contributed by atoms with Gasteiger partial charge in [-0.25, -0.2) is 9.59 Å². The second kappa shape index (κ2) is 10.6. The number of amides is 2. The minimum atomic E-state index is -0.535. The molecule has 2 atom stereocenters. The van der Waals surface area contributed by atoms with Gasteiger partial charge in [-0.15, -0.1) is 0 Å². The van der Waals surface area contributed by atoms with E-state index in [1.807, 2.05) is 69.2 Å². The van der Waals surface area contributed by atoms with Gasteiger partial charge >= 0.3 is 12.2 Å². The summed E-state index contributed by atoms with van der Waals surface area (Å²) >= 11 is 0. The molecule has 0 aliphatic heterocycles. The van der Waals surface area contributed by atoms with Gasteiger partial charge in [0.05, 0.1) is 0 Å². The Labute approximate surface area is 160 Å². The molecule has 0 fully saturated rings. The number of ether oxygens (including phenoxy) is 2. The van der Waals surface area contributed by atoms with Crippen molar-refractivity contribution >= 4 is 12.2 Å². The van der Waals surface area contributed by atoms with Crippen molar-refractivity contribution in [3.63, 3.8) is 0 Å². The molecule has 0 N–H and O–H groups in total. The zero-order chi connectivity index (χ0) is 20.8. The van der Waals surface area contributed by atoms with Crippen LogP contribution in [0.2, 0.25) is 0 Å². The van der Waals surface area contributed by atoms with Crippen molar-refractivity contribution in [3.05, 3.63) is 0 Å². The Hall–Kier alpha value is -1.46. The summed E-state index contributed by atoms with van der Waals surface area (Å²) in [5.41, 5.74) is 0. The normalized spacial score (nSPS) is 14.2. The molecule has 0 aromatic rings. The third-order valence-corrected chi connectivity index (χ3v) is 4.29. The van der Waals surface area contributed by atoms with E-state index in [-0.39, 0.29) is 42.3 Å². The fraction of sp³-hybridized carbons (Fsp3) is 0.900. The Morgan fingerprint density at radius 1 is 0.577 bits per heavy atom. The maximum atomic E-state index is 12.6. The summed E-state index contributed by atoms with van der Waals surface area (Å²) < 4.78 is 11.4. The number of carbonyl (C=O) groups is 2. The van der Waals surface area contributed by atoms with E-state index in [1.54, 1.807) is 16.7 Å². The van der Waals surface area contributed by atoms with E-state index in [2.05, 4.69) is 0 Å². The molecular formula is C20H40N2O4. The van der Waals surface area contributed by atoms with Gasteiger partial charge in [-0.3, -0.25) is 0 Å². The van der Waals surface area contributed by atoms with Crippen molar-refractivity contribution in [2.24, 2.45) is 5.92 Å². The maximum Gasteiger partial charge on any atom is 0.410 e. The Morgan fingerprint density at radius 3 is 1.15 bits per heavy atom. The van der Waals surface area contributed by atoms with Gasteiger partial charge in [0, 0.05) is 24.2 Å². The number of hydrogen-bond acceptors (Lipinski definition) is 4. The summed E-state index contributed by atoms with van der Waals surface area (Å²) in [6, 6.07) is 0.135. The summed E-state index contributed by atoms with van der Waals surface area (Å²) in [7, 11) is 0. The van der Waals surface area contributed by atoms with Crippen LogP contribution in [0.1, 0.15) is 76.2 Å². The monoisotopic (exact) mass is 372 g/mol. The Bertz CT molecular complexity index is 431. The Balaban J connectivity index is 5.20. The zero-order valence-electron chi connectivity index (χ0n) is 18.6. The first-order valence-corrected chi connectivity index (χ1v) is 9.79. The van der Waals surface area contributed by atoms with E-state index in [9.17, 15) is 9.59 Å². The highest BCUT2D eigenvalue weighted by molar-refractivity contribution is 5.69. The number of nitrogens with zero attached hydrogens (tertiary/aromatic N) is 2. The summed E-state index contributed by atoms with van der Waals surface area (Å²) in [4.78, 5) is 28.6. The third-order valence-electron chi connectivity index (χ3n) is 4.29. The molecule has 0 bridgehead atoms. The molecule has 26 heavy (non-hydrogen) atoms. The second-order valence-corrected chi connectivity index (χ2v) is 8.37. The Morgan fingerprint density at radius 2 is 0.885 bits per heavy atom. The minimum absolute atomic E-state index is 0.0227. The highest BCUT2D eigenvalue weighted by Crippen LogP contribution is 2.19. The largest absolute Gasteiger partial charge is 0.442 e. The molecule has 2 unspecified atom stereocenters. The molecule has 0 aromatic heterocycles. The lowest BCUT2D eigenvalue weighted by molar-refractivity contribution is -0.0494. The molecule has 154 valence electrons. The molecule has 0 aliphatic carbocycles. The van der Waals surface area contributed by atoms with Gasteiger partial charge in [0.2, 0.25) is 0 Å². The second-order valence-electron chi connectivity index (χ2n) is 8.37. The van der Waals surface area contributed by atoms with Gasteiger partial charge in [-0.2, -0.15) is 0 Å². The highest BCUT2D eigenvalue weighted by Gasteiger charge is 2.33. The molecule has 0 aliphatic rings. The van der Waals surface area contributed by atoms with Crippen LogP contribution in [0.25, 0.3) is 0 Å². The lowest BCUT2D eigenvalue weighted by Crippen LogP contribution is -2.48. The van der Waals surface area contributed by atoms with Crippen LogP contribution in [-0.2, 0) is 9.47 Å². The molecule has 0 radical (unpaired) electrons. The molecule has 0 rings (SSSR count). The highest BCUT2D eigenvalue weighted by atomic mass is 16.6. The van der Waals surface area contributed by atoms with Gasteiger partial charge in [0.15, 0.2) is 0 Å². The standard InChI is InChI=1S/C20H40N2O4/c1-12(2)18(26-20(24)22(15(7)8)16(9)10)17(11)25-19(23)21(13(3)4)14(5)6/h12-18H,1-11H3. The topological polar surface area (TPSA) is 59.1 Å². The lowest BCUT2D eigenvalue weighted by Gasteiger charge is -2.36. The molecule has 2 amide bonds. The minimum Gasteiger partial charge on any atom is -0.442 e. The van der Waals surface area contributed by atoms with Crippen LogP contribution in [0.15, 0.2) is 0 Å². The van der Waals surface area contributed by atoms with Crippen LogP contribution in [0.5, 0.6) is 0 Å². The van der Waals surface area contributed by atoms with Crippen LogP contribution in [0.4, 0.5) is 9.59 Å². The quantitative estimate of drug-likeness (QED) is 0.607. The predicted octanol–water partition coefficient (Wildman–Crippen LogP) is 4.91.